The van der Waals surface area contributed by atoms with Gasteiger partial charge in [-0.05, 0) is 50.1 Å². The molecule has 4 N–H and O–H groups in total. The fraction of sp³-hybridized carbons (Fsp3) is 0.304. The van der Waals surface area contributed by atoms with E-state index < -0.39 is 34.9 Å². The zero-order valence-electron chi connectivity index (χ0n) is 17.9. The van der Waals surface area contributed by atoms with Crippen molar-refractivity contribution in [3.63, 3.8) is 0 Å². The molecule has 3 rings (SSSR count). The number of hydrogen-bond donors (Lipinski definition) is 3. The lowest BCUT2D eigenvalue weighted by molar-refractivity contribution is -0.134. The summed E-state index contributed by atoms with van der Waals surface area (Å²) in [5, 5.41) is 5.49. The summed E-state index contributed by atoms with van der Waals surface area (Å²) in [7, 11) is 0. The van der Waals surface area contributed by atoms with Gasteiger partial charge in [0.25, 0.3) is 0 Å². The van der Waals surface area contributed by atoms with E-state index in [1.165, 1.54) is 12.1 Å². The molecule has 1 heterocycles. The van der Waals surface area contributed by atoms with Crippen LogP contribution < -0.4 is 16.4 Å². The standard InChI is InChI=1S/C23H22Cl2FN3O4/c1-23(2,14-5-3-12(20(27)31)9-17(14)26)22(33)28-10-11-7-15(24)19(16(25)8-11)13-4-6-18(30)29-21(13)32/h3,5,7-9,13H,4,6,10H2,1-2H3,(H2,27,31)(H,28,33)(H,29,30,32). The number of carbonyl (C=O) groups is 4. The quantitative estimate of drug-likeness (QED) is 0.534. The van der Waals surface area contributed by atoms with Gasteiger partial charge >= 0.3 is 0 Å². The number of primary amides is 1. The fourth-order valence-corrected chi connectivity index (χ4v) is 4.54. The summed E-state index contributed by atoms with van der Waals surface area (Å²) in [5.41, 5.74) is 5.03. The highest BCUT2D eigenvalue weighted by atomic mass is 35.5. The monoisotopic (exact) mass is 493 g/mol. The number of hydrogen-bond acceptors (Lipinski definition) is 4. The minimum atomic E-state index is -1.25. The van der Waals surface area contributed by atoms with Gasteiger partial charge in [0.2, 0.25) is 23.6 Å². The van der Waals surface area contributed by atoms with Gasteiger partial charge in [0.05, 0.1) is 11.3 Å². The van der Waals surface area contributed by atoms with Crippen LogP contribution in [0.25, 0.3) is 0 Å². The molecule has 1 unspecified atom stereocenters. The lowest BCUT2D eigenvalue weighted by Crippen LogP contribution is -2.40. The Labute approximate surface area is 199 Å². The summed E-state index contributed by atoms with van der Waals surface area (Å²) < 4.78 is 14.5. The van der Waals surface area contributed by atoms with Gasteiger partial charge in [-0.25, -0.2) is 4.39 Å². The molecule has 1 saturated heterocycles. The van der Waals surface area contributed by atoms with E-state index in [0.717, 1.165) is 6.07 Å². The molecule has 1 aliphatic heterocycles. The van der Waals surface area contributed by atoms with Crippen molar-refractivity contribution in [1.82, 2.24) is 10.6 Å². The van der Waals surface area contributed by atoms with Crippen LogP contribution in [0.2, 0.25) is 10.0 Å². The Bertz CT molecular complexity index is 1140. The maximum absolute atomic E-state index is 14.5. The number of nitrogens with one attached hydrogen (secondary N) is 2. The first kappa shape index (κ1) is 24.7. The van der Waals surface area contributed by atoms with E-state index in [4.69, 9.17) is 28.9 Å². The first-order valence-corrected chi connectivity index (χ1v) is 10.9. The molecule has 0 aromatic heterocycles. The summed E-state index contributed by atoms with van der Waals surface area (Å²) in [6.45, 7) is 3.16. The molecule has 2 aromatic carbocycles. The molecular weight excluding hydrogens is 472 g/mol. The zero-order chi connectivity index (χ0) is 24.5. The first-order valence-electron chi connectivity index (χ1n) is 10.1. The van der Waals surface area contributed by atoms with Crippen LogP contribution in [0, 0.1) is 5.82 Å². The van der Waals surface area contributed by atoms with E-state index in [9.17, 15) is 23.6 Å². The molecule has 10 heteroatoms. The van der Waals surface area contributed by atoms with Crippen molar-refractivity contribution in [1.29, 1.82) is 0 Å². The summed E-state index contributed by atoms with van der Waals surface area (Å²) in [4.78, 5) is 47.7. The molecule has 1 fully saturated rings. The predicted molar refractivity (Wildman–Crippen MR) is 121 cm³/mol. The Morgan fingerprint density at radius 3 is 2.36 bits per heavy atom. The number of imide groups is 1. The Morgan fingerprint density at radius 1 is 1.18 bits per heavy atom. The van der Waals surface area contributed by atoms with Crippen molar-refractivity contribution < 1.29 is 23.6 Å². The van der Waals surface area contributed by atoms with Crippen molar-refractivity contribution in [2.45, 2.75) is 44.6 Å². The van der Waals surface area contributed by atoms with Gasteiger partial charge in [0, 0.05) is 39.7 Å². The SMILES string of the molecule is CC(C)(C(=O)NCc1cc(Cl)c(C2CCC(=O)NC2=O)c(Cl)c1)c1ccc(C(N)=O)cc1F. The molecule has 0 saturated carbocycles. The van der Waals surface area contributed by atoms with E-state index in [1.807, 2.05) is 0 Å². The van der Waals surface area contributed by atoms with Gasteiger partial charge in [-0.3, -0.25) is 24.5 Å². The Hall–Kier alpha value is -2.97. The third-order valence-corrected chi connectivity index (χ3v) is 6.30. The number of benzene rings is 2. The van der Waals surface area contributed by atoms with Crippen LogP contribution in [-0.2, 0) is 26.3 Å². The van der Waals surface area contributed by atoms with Gasteiger partial charge in [0.15, 0.2) is 0 Å². The van der Waals surface area contributed by atoms with Gasteiger partial charge in [-0.15, -0.1) is 0 Å². The second kappa shape index (κ2) is 9.49. The highest BCUT2D eigenvalue weighted by Gasteiger charge is 2.33. The normalized spacial score (nSPS) is 16.3. The van der Waals surface area contributed by atoms with Crippen molar-refractivity contribution in [2.75, 3.05) is 0 Å². The molecule has 4 amide bonds. The van der Waals surface area contributed by atoms with Crippen LogP contribution >= 0.6 is 23.2 Å². The molecule has 1 atom stereocenters. The van der Waals surface area contributed by atoms with Gasteiger partial charge in [-0.1, -0.05) is 29.3 Å². The lowest BCUT2D eigenvalue weighted by Gasteiger charge is -2.25. The number of nitrogens with two attached hydrogens (primary N) is 1. The van der Waals surface area contributed by atoms with Crippen LogP contribution in [0.4, 0.5) is 4.39 Å². The molecule has 2 aromatic rings. The second-order valence-corrected chi connectivity index (χ2v) is 9.16. The lowest BCUT2D eigenvalue weighted by atomic mass is 9.82. The van der Waals surface area contributed by atoms with Crippen LogP contribution in [0.1, 0.15) is 59.7 Å². The average molecular weight is 494 g/mol. The molecule has 33 heavy (non-hydrogen) atoms. The summed E-state index contributed by atoms with van der Waals surface area (Å²) in [5.74, 6) is -3.39. The van der Waals surface area contributed by atoms with Gasteiger partial charge in [0.1, 0.15) is 5.82 Å². The molecule has 7 nitrogen and oxygen atoms in total. The highest BCUT2D eigenvalue weighted by molar-refractivity contribution is 6.36. The van der Waals surface area contributed by atoms with Crippen LogP contribution in [-0.4, -0.2) is 23.6 Å². The summed E-state index contributed by atoms with van der Waals surface area (Å²) in [6, 6.07) is 6.89. The van der Waals surface area contributed by atoms with Crippen molar-refractivity contribution in [3.05, 3.63) is 68.4 Å². The minimum Gasteiger partial charge on any atom is -0.366 e. The van der Waals surface area contributed by atoms with Crippen molar-refractivity contribution >= 4 is 46.8 Å². The number of rotatable bonds is 6. The second-order valence-electron chi connectivity index (χ2n) is 8.34. The molecule has 0 aliphatic carbocycles. The number of amides is 4. The minimum absolute atomic E-state index is 0.00726. The van der Waals surface area contributed by atoms with Crippen LogP contribution in [0.3, 0.4) is 0 Å². The van der Waals surface area contributed by atoms with E-state index in [-0.39, 0.29) is 40.0 Å². The Kier molecular flexibility index (Phi) is 7.09. The largest absolute Gasteiger partial charge is 0.366 e. The third-order valence-electron chi connectivity index (χ3n) is 5.67. The zero-order valence-corrected chi connectivity index (χ0v) is 19.4. The van der Waals surface area contributed by atoms with E-state index in [2.05, 4.69) is 10.6 Å². The van der Waals surface area contributed by atoms with Gasteiger partial charge < -0.3 is 11.1 Å². The van der Waals surface area contributed by atoms with E-state index in [0.29, 0.717) is 17.5 Å². The Balaban J connectivity index is 1.75. The molecule has 174 valence electrons. The van der Waals surface area contributed by atoms with E-state index >= 15 is 0 Å². The van der Waals surface area contributed by atoms with Crippen molar-refractivity contribution in [2.24, 2.45) is 5.73 Å². The number of piperidine rings is 1. The molecular formula is C23H22Cl2FN3O4. The molecule has 0 radical (unpaired) electrons. The first-order chi connectivity index (χ1) is 15.4. The third kappa shape index (κ3) is 5.17. The summed E-state index contributed by atoms with van der Waals surface area (Å²) in [6.07, 6.45) is 0.488. The molecule has 1 aliphatic rings. The fourth-order valence-electron chi connectivity index (χ4n) is 3.74. The smallest absolute Gasteiger partial charge is 0.248 e. The summed E-state index contributed by atoms with van der Waals surface area (Å²) >= 11 is 12.8. The van der Waals surface area contributed by atoms with Crippen molar-refractivity contribution in [3.8, 4) is 0 Å². The molecule has 0 spiro atoms. The topological polar surface area (TPSA) is 118 Å². The maximum Gasteiger partial charge on any atom is 0.248 e. The Morgan fingerprint density at radius 2 is 1.82 bits per heavy atom. The van der Waals surface area contributed by atoms with Crippen LogP contribution in [0.15, 0.2) is 30.3 Å². The van der Waals surface area contributed by atoms with Crippen LogP contribution in [0.5, 0.6) is 0 Å². The number of halogens is 3. The number of carbonyl (C=O) groups excluding carboxylic acids is 4. The highest BCUT2D eigenvalue weighted by Crippen LogP contribution is 2.37. The average Bonchev–Trinajstić information content (AvgIpc) is 2.72. The van der Waals surface area contributed by atoms with Gasteiger partial charge in [-0.2, -0.15) is 0 Å². The predicted octanol–water partition coefficient (Wildman–Crippen LogP) is 3.35. The molecule has 0 bridgehead atoms. The maximum atomic E-state index is 14.5. The van der Waals surface area contributed by atoms with E-state index in [1.54, 1.807) is 26.0 Å².